The maximum atomic E-state index is 14.0. The summed E-state index contributed by atoms with van der Waals surface area (Å²) in [5.74, 6) is -9.50. The minimum atomic E-state index is -5.12. The Kier molecular flexibility index (Phi) is 7.25. The maximum absolute atomic E-state index is 14.0. The summed E-state index contributed by atoms with van der Waals surface area (Å²) in [4.78, 5) is 62.7. The number of hydrogen-bond acceptors (Lipinski definition) is 8. The number of likely N-dealkylation sites (tertiary alicyclic amines) is 1. The summed E-state index contributed by atoms with van der Waals surface area (Å²) in [6, 6.07) is 7.48. The second-order valence-corrected chi connectivity index (χ2v) is 12.8. The summed E-state index contributed by atoms with van der Waals surface area (Å²) in [6.45, 7) is 0. The van der Waals surface area contributed by atoms with E-state index in [-0.39, 0.29) is 34.4 Å². The zero-order valence-electron chi connectivity index (χ0n) is 22.5. The van der Waals surface area contributed by atoms with Crippen LogP contribution in [0, 0.1) is 27.9 Å². The van der Waals surface area contributed by atoms with E-state index in [1.807, 2.05) is 0 Å². The van der Waals surface area contributed by atoms with E-state index in [1.54, 1.807) is 0 Å². The zero-order chi connectivity index (χ0) is 32.8. The minimum Gasteiger partial charge on any atom is -0.508 e. The van der Waals surface area contributed by atoms with Gasteiger partial charge in [0.05, 0.1) is 27.9 Å². The lowest BCUT2D eigenvalue weighted by Gasteiger charge is -2.50. The van der Waals surface area contributed by atoms with Crippen LogP contribution in [-0.4, -0.2) is 60.1 Å². The van der Waals surface area contributed by atoms with E-state index in [0.29, 0.717) is 0 Å². The Morgan fingerprint density at radius 3 is 2.42 bits per heavy atom. The van der Waals surface area contributed by atoms with Crippen LogP contribution in [0.4, 0.5) is 24.5 Å². The fraction of sp³-hybridized carbons (Fsp3) is 0.357. The summed E-state index contributed by atoms with van der Waals surface area (Å²) in [5.41, 5.74) is -0.871. The van der Waals surface area contributed by atoms with Crippen molar-refractivity contribution >= 4 is 74.1 Å². The Bertz CT molecular complexity index is 1740. The number of fused-ring (bicyclic) bond motifs is 4. The number of anilines is 1. The number of hydrogen-bond donors (Lipinski definition) is 1. The first-order chi connectivity index (χ1) is 21.0. The normalized spacial score (nSPS) is 31.0. The number of rotatable bonds is 5. The van der Waals surface area contributed by atoms with E-state index in [0.717, 1.165) is 34.1 Å². The van der Waals surface area contributed by atoms with Crippen LogP contribution in [0.1, 0.15) is 24.3 Å². The smallest absolute Gasteiger partial charge is 0.508 e. The average Bonchev–Trinajstić information content (AvgIpc) is 3.31. The van der Waals surface area contributed by atoms with Crippen molar-refractivity contribution in [1.29, 1.82) is 0 Å². The van der Waals surface area contributed by atoms with Gasteiger partial charge in [-0.2, -0.15) is 0 Å². The Labute approximate surface area is 269 Å². The molecule has 0 unspecified atom stereocenters. The van der Waals surface area contributed by atoms with Gasteiger partial charge >= 0.3 is 6.36 Å². The van der Waals surface area contributed by atoms with Crippen LogP contribution in [0.2, 0.25) is 0 Å². The Hall–Kier alpha value is -3.69. The van der Waals surface area contributed by atoms with E-state index in [9.17, 15) is 47.6 Å². The summed E-state index contributed by atoms with van der Waals surface area (Å²) < 4.78 is 43.5. The average molecular weight is 733 g/mol. The monoisotopic (exact) mass is 731 g/mol. The number of nitrogens with zero attached hydrogens (tertiary/aromatic N) is 3. The van der Waals surface area contributed by atoms with Crippen molar-refractivity contribution < 1.29 is 47.1 Å². The van der Waals surface area contributed by atoms with Gasteiger partial charge in [-0.1, -0.05) is 33.6 Å². The molecule has 6 atom stereocenters. The molecule has 2 saturated heterocycles. The summed E-state index contributed by atoms with van der Waals surface area (Å²) in [6.07, 6.45) is -4.11. The molecular weight excluding hydrogens is 714 g/mol. The predicted octanol–water partition coefficient (Wildman–Crippen LogP) is 5.11. The van der Waals surface area contributed by atoms with Crippen molar-refractivity contribution in [2.45, 2.75) is 34.9 Å². The first-order valence-electron chi connectivity index (χ1n) is 13.3. The second kappa shape index (κ2) is 10.4. The molecule has 3 fully saturated rings. The van der Waals surface area contributed by atoms with Gasteiger partial charge in [-0.15, -0.1) is 36.4 Å². The summed E-state index contributed by atoms with van der Waals surface area (Å²) in [7, 11) is 0. The van der Waals surface area contributed by atoms with Crippen LogP contribution >= 0.6 is 39.1 Å². The number of phenols is 1. The molecule has 0 aromatic heterocycles. The number of non-ortho nitro benzene ring substituents is 1. The van der Waals surface area contributed by atoms with Gasteiger partial charge in [0.15, 0.2) is 9.75 Å². The molecule has 45 heavy (non-hydrogen) atoms. The van der Waals surface area contributed by atoms with Gasteiger partial charge in [-0.3, -0.25) is 34.2 Å². The van der Waals surface area contributed by atoms with Crippen molar-refractivity contribution in [2.24, 2.45) is 17.8 Å². The number of alkyl halides is 6. The molecule has 1 saturated carbocycles. The molecule has 236 valence electrons. The van der Waals surface area contributed by atoms with Crippen LogP contribution in [0.25, 0.3) is 0 Å². The van der Waals surface area contributed by atoms with Gasteiger partial charge in [0.25, 0.3) is 17.5 Å². The van der Waals surface area contributed by atoms with E-state index in [1.165, 1.54) is 24.3 Å². The first-order valence-corrected chi connectivity index (χ1v) is 15.1. The summed E-state index contributed by atoms with van der Waals surface area (Å²) in [5, 5.41) is 22.3. The van der Waals surface area contributed by atoms with Crippen molar-refractivity contribution in [3.8, 4) is 11.5 Å². The number of halogens is 6. The molecule has 2 heterocycles. The van der Waals surface area contributed by atoms with Crippen molar-refractivity contribution in [1.82, 2.24) is 4.90 Å². The molecule has 1 N–H and O–H groups in total. The van der Waals surface area contributed by atoms with Gasteiger partial charge < -0.3 is 9.84 Å². The fourth-order valence-electron chi connectivity index (χ4n) is 7.06. The second-order valence-electron chi connectivity index (χ2n) is 11.0. The molecule has 2 aliphatic carbocycles. The highest BCUT2D eigenvalue weighted by atomic mass is 79.9. The van der Waals surface area contributed by atoms with Crippen LogP contribution in [0.3, 0.4) is 0 Å². The van der Waals surface area contributed by atoms with Crippen LogP contribution < -0.4 is 9.64 Å². The molecule has 2 aromatic carbocycles. The molecule has 6 rings (SSSR count). The molecule has 2 aliphatic heterocycles. The van der Waals surface area contributed by atoms with Crippen molar-refractivity contribution in [3.63, 3.8) is 0 Å². The number of amides is 4. The Balaban J connectivity index is 1.52. The number of benzene rings is 2. The number of carbonyl (C=O) groups is 4. The number of nitro benzene ring substituents is 1. The van der Waals surface area contributed by atoms with Crippen LogP contribution in [0.15, 0.2) is 54.1 Å². The third-order valence-electron chi connectivity index (χ3n) is 8.86. The molecule has 2 aromatic rings. The van der Waals surface area contributed by atoms with Gasteiger partial charge in [-0.05, 0) is 43.0 Å². The standard InChI is InChI=1S/C28H19BrCl2F3N3O8/c29-11-35-24(41)26(30)10-18-15(21(27(26,31)25(35)42)17-9-14(4-7-19(17)38)45-28(32,33)34)5-6-16-20(18)23(40)36(22(16)39)12-2-1-3-13(8-12)37(43)44/h1-5,7-9,16,18,20-21,38H,6,10-11H2/t16-,18+,20-,21+,26+,27-/m0/s1. The molecule has 17 heteroatoms. The number of phenolic OH excluding ortho intramolecular Hbond substituents is 1. The molecule has 0 radical (unpaired) electrons. The highest BCUT2D eigenvalue weighted by molar-refractivity contribution is 9.09. The third kappa shape index (κ3) is 4.45. The van der Waals surface area contributed by atoms with E-state index >= 15 is 0 Å². The third-order valence-corrected chi connectivity index (χ3v) is 10.8. The molecule has 0 spiro atoms. The number of carbonyl (C=O) groups excluding carboxylic acids is 4. The molecule has 4 aliphatic rings. The molecular formula is C28H19BrCl2F3N3O8. The number of nitro groups is 1. The molecule has 4 amide bonds. The van der Waals surface area contributed by atoms with Gasteiger partial charge in [0, 0.05) is 23.6 Å². The highest BCUT2D eigenvalue weighted by Gasteiger charge is 2.76. The zero-order valence-corrected chi connectivity index (χ0v) is 25.6. The largest absolute Gasteiger partial charge is 0.573 e. The minimum absolute atomic E-state index is 0.0537. The first kappa shape index (κ1) is 31.3. The number of allylic oxidation sites excluding steroid dienone is 2. The quantitative estimate of drug-likeness (QED) is 0.111. The SMILES string of the molecule is O=C1[C@H]2[C@H](CC=C3[C@H]2C[C@@]2(Cl)C(=O)N(CBr)C(=O)[C@@]2(Cl)[C@H]3c2cc(OC(F)(F)F)ccc2O)C(=O)N1c1cccc([N+](=O)[O-])c1. The Morgan fingerprint density at radius 2 is 1.78 bits per heavy atom. The maximum Gasteiger partial charge on any atom is 0.573 e. The van der Waals surface area contributed by atoms with Gasteiger partial charge in [0.1, 0.15) is 11.5 Å². The predicted molar refractivity (Wildman–Crippen MR) is 154 cm³/mol. The van der Waals surface area contributed by atoms with E-state index < -0.39 is 86.3 Å². The van der Waals surface area contributed by atoms with Crippen LogP contribution in [-0.2, 0) is 19.2 Å². The Morgan fingerprint density at radius 1 is 1.07 bits per heavy atom. The van der Waals surface area contributed by atoms with Crippen molar-refractivity contribution in [2.75, 3.05) is 10.4 Å². The lowest BCUT2D eigenvalue weighted by molar-refractivity contribution is -0.384. The molecule has 11 nitrogen and oxygen atoms in total. The lowest BCUT2D eigenvalue weighted by Crippen LogP contribution is -2.60. The van der Waals surface area contributed by atoms with Crippen LogP contribution in [0.5, 0.6) is 11.5 Å². The van der Waals surface area contributed by atoms with Crippen molar-refractivity contribution in [3.05, 3.63) is 69.8 Å². The summed E-state index contributed by atoms with van der Waals surface area (Å²) >= 11 is 17.2. The fourth-order valence-corrected chi connectivity index (χ4v) is 8.48. The lowest BCUT2D eigenvalue weighted by atomic mass is 9.56. The highest BCUT2D eigenvalue weighted by Crippen LogP contribution is 2.66. The molecule has 0 bridgehead atoms. The number of imide groups is 2. The number of aromatic hydroxyl groups is 1. The van der Waals surface area contributed by atoms with Gasteiger partial charge in [-0.25, -0.2) is 4.90 Å². The van der Waals surface area contributed by atoms with Gasteiger partial charge in [0.2, 0.25) is 11.8 Å². The van der Waals surface area contributed by atoms with E-state index in [4.69, 9.17) is 23.2 Å². The topological polar surface area (TPSA) is 147 Å². The number of ether oxygens (including phenoxy) is 1. The van der Waals surface area contributed by atoms with E-state index in [2.05, 4.69) is 20.7 Å².